The third-order valence-corrected chi connectivity index (χ3v) is 9.50. The number of fused-ring (bicyclic) bond motifs is 1. The maximum absolute atomic E-state index is 14.9. The largest absolute Gasteiger partial charge is 0.495 e. The fraction of sp³-hybridized carbons (Fsp3) is 0.441. The van der Waals surface area contributed by atoms with Gasteiger partial charge in [0.2, 0.25) is 0 Å². The smallest absolute Gasteiger partial charge is 0.339 e. The maximum atomic E-state index is 14.9. The van der Waals surface area contributed by atoms with E-state index >= 15 is 0 Å². The van der Waals surface area contributed by atoms with E-state index in [0.717, 1.165) is 61.7 Å². The number of nitrogens with zero attached hydrogens (tertiary/aromatic N) is 3. The molecule has 0 radical (unpaired) electrons. The Balaban J connectivity index is 1.19. The predicted octanol–water partition coefficient (Wildman–Crippen LogP) is 6.58. The zero-order chi connectivity index (χ0) is 31.1. The topological polar surface area (TPSA) is 72.0 Å². The normalized spacial score (nSPS) is 17.5. The van der Waals surface area contributed by atoms with Crippen LogP contribution < -0.4 is 4.74 Å². The molecule has 0 spiro atoms. The number of piperidine rings is 1. The molecule has 1 saturated heterocycles. The highest BCUT2D eigenvalue weighted by Gasteiger charge is 2.35. The van der Waals surface area contributed by atoms with Gasteiger partial charge in [0.15, 0.2) is 0 Å². The lowest BCUT2D eigenvalue weighted by molar-refractivity contribution is 0.0542. The van der Waals surface area contributed by atoms with E-state index in [1.165, 1.54) is 19.2 Å². The predicted molar refractivity (Wildman–Crippen MR) is 163 cm³/mol. The van der Waals surface area contributed by atoms with Crippen molar-refractivity contribution in [2.24, 2.45) is 0 Å². The van der Waals surface area contributed by atoms with Crippen molar-refractivity contribution >= 4 is 23.5 Å². The molecule has 10 heteroatoms. The maximum Gasteiger partial charge on any atom is 0.339 e. The Labute approximate surface area is 261 Å². The van der Waals surface area contributed by atoms with Crippen LogP contribution in [0.15, 0.2) is 30.3 Å². The number of amides is 1. The SMILES string of the molecule is CCc1nc2c(cc1C(=O)OC)C(=O)N(C1CCN(Cc3cc(C4CC4)c(-c4ccc(F)cc4F)c(Cl)c3OC)CC1)CC2. The number of likely N-dealkylation sites (tertiary alicyclic amines) is 1. The van der Waals surface area contributed by atoms with Crippen LogP contribution in [0, 0.1) is 11.6 Å². The number of ether oxygens (including phenoxy) is 2. The number of hydrogen-bond acceptors (Lipinski definition) is 6. The molecule has 1 aromatic heterocycles. The number of hydrogen-bond donors (Lipinski definition) is 0. The van der Waals surface area contributed by atoms with Crippen LogP contribution in [-0.2, 0) is 24.1 Å². The van der Waals surface area contributed by atoms with Crippen LogP contribution >= 0.6 is 11.6 Å². The van der Waals surface area contributed by atoms with E-state index in [2.05, 4.69) is 16.0 Å². The second-order valence-electron chi connectivity index (χ2n) is 11.8. The number of esters is 1. The summed E-state index contributed by atoms with van der Waals surface area (Å²) in [5, 5.41) is 0.344. The van der Waals surface area contributed by atoms with E-state index in [1.807, 2.05) is 11.8 Å². The average Bonchev–Trinajstić information content (AvgIpc) is 3.87. The van der Waals surface area contributed by atoms with E-state index in [4.69, 9.17) is 21.1 Å². The molecule has 3 heterocycles. The number of carbonyl (C=O) groups excluding carboxylic acids is 2. The van der Waals surface area contributed by atoms with Crippen molar-refractivity contribution in [2.45, 2.75) is 64.0 Å². The molecule has 3 aromatic rings. The van der Waals surface area contributed by atoms with Gasteiger partial charge in [0.1, 0.15) is 17.4 Å². The summed E-state index contributed by atoms with van der Waals surface area (Å²) >= 11 is 6.91. The second kappa shape index (κ2) is 12.4. The van der Waals surface area contributed by atoms with Gasteiger partial charge in [-0.3, -0.25) is 14.7 Å². The monoisotopic (exact) mass is 623 g/mol. The van der Waals surface area contributed by atoms with Crippen molar-refractivity contribution < 1.29 is 27.8 Å². The molecule has 1 amide bonds. The molecule has 6 rings (SSSR count). The molecule has 2 aromatic carbocycles. The standard InChI is InChI=1S/C34H36ClF2N3O4/c1-4-28-26(34(42)44-3)17-25-29(38-28)11-14-40(33(25)41)22-9-12-39(13-10-22)18-20-15-24(19-5-6-19)30(31(35)32(20)43-2)23-8-7-21(36)16-27(23)37/h7-8,15-17,19,22H,4-6,9-14,18H2,1-3H3. The Morgan fingerprint density at radius 3 is 2.43 bits per heavy atom. The van der Waals surface area contributed by atoms with Crippen LogP contribution in [-0.4, -0.2) is 66.6 Å². The average molecular weight is 624 g/mol. The summed E-state index contributed by atoms with van der Waals surface area (Å²) < 4.78 is 39.3. The highest BCUT2D eigenvalue weighted by molar-refractivity contribution is 6.35. The van der Waals surface area contributed by atoms with Gasteiger partial charge in [-0.1, -0.05) is 18.5 Å². The van der Waals surface area contributed by atoms with Crippen molar-refractivity contribution in [3.05, 3.63) is 80.6 Å². The molecular formula is C34H36ClF2N3O4. The molecule has 7 nitrogen and oxygen atoms in total. The minimum atomic E-state index is -0.649. The third-order valence-electron chi connectivity index (χ3n) is 9.14. The van der Waals surface area contributed by atoms with Gasteiger partial charge < -0.3 is 14.4 Å². The molecule has 3 aliphatic rings. The molecule has 232 valence electrons. The zero-order valence-corrected chi connectivity index (χ0v) is 26.0. The Hall–Kier alpha value is -3.56. The fourth-order valence-electron chi connectivity index (χ4n) is 6.71. The number of pyridine rings is 1. The minimum absolute atomic E-state index is 0.0793. The first-order valence-electron chi connectivity index (χ1n) is 15.2. The first-order valence-corrected chi connectivity index (χ1v) is 15.6. The molecule has 0 unspecified atom stereocenters. The molecule has 1 saturated carbocycles. The van der Waals surface area contributed by atoms with Crippen molar-refractivity contribution in [3.8, 4) is 16.9 Å². The van der Waals surface area contributed by atoms with Gasteiger partial charge in [-0.05, 0) is 67.9 Å². The van der Waals surface area contributed by atoms with Crippen molar-refractivity contribution in [2.75, 3.05) is 33.9 Å². The molecule has 0 atom stereocenters. The molecule has 0 N–H and O–H groups in total. The van der Waals surface area contributed by atoms with E-state index in [9.17, 15) is 18.4 Å². The number of methoxy groups -OCH3 is 2. The van der Waals surface area contributed by atoms with Gasteiger partial charge in [-0.25, -0.2) is 13.6 Å². The molecule has 2 fully saturated rings. The van der Waals surface area contributed by atoms with Crippen molar-refractivity contribution in [1.29, 1.82) is 0 Å². The zero-order valence-electron chi connectivity index (χ0n) is 25.2. The van der Waals surface area contributed by atoms with Gasteiger partial charge in [0.05, 0.1) is 41.8 Å². The van der Waals surface area contributed by atoms with Crippen LogP contribution in [0.1, 0.15) is 81.8 Å². The summed E-state index contributed by atoms with van der Waals surface area (Å²) in [6, 6.07) is 7.39. The Kier molecular flexibility index (Phi) is 8.61. The molecule has 0 bridgehead atoms. The van der Waals surface area contributed by atoms with Crippen LogP contribution in [0.2, 0.25) is 5.02 Å². The lowest BCUT2D eigenvalue weighted by Gasteiger charge is -2.40. The van der Waals surface area contributed by atoms with Gasteiger partial charge in [0, 0.05) is 61.4 Å². The number of rotatable bonds is 8. The summed E-state index contributed by atoms with van der Waals surface area (Å²) in [6.45, 7) is 4.68. The van der Waals surface area contributed by atoms with E-state index < -0.39 is 17.6 Å². The summed E-state index contributed by atoms with van der Waals surface area (Å²) in [7, 11) is 2.89. The first kappa shape index (κ1) is 30.5. The van der Waals surface area contributed by atoms with Crippen LogP contribution in [0.25, 0.3) is 11.1 Å². The Morgan fingerprint density at radius 2 is 1.80 bits per heavy atom. The van der Waals surface area contributed by atoms with Crippen LogP contribution in [0.4, 0.5) is 8.78 Å². The van der Waals surface area contributed by atoms with E-state index in [0.29, 0.717) is 59.1 Å². The Morgan fingerprint density at radius 1 is 1.05 bits per heavy atom. The van der Waals surface area contributed by atoms with Crippen LogP contribution in [0.5, 0.6) is 5.75 Å². The van der Waals surface area contributed by atoms with Crippen LogP contribution in [0.3, 0.4) is 0 Å². The van der Waals surface area contributed by atoms with Gasteiger partial charge >= 0.3 is 5.97 Å². The molecule has 44 heavy (non-hydrogen) atoms. The molecule has 1 aliphatic carbocycles. The lowest BCUT2D eigenvalue weighted by atomic mass is 9.92. The van der Waals surface area contributed by atoms with Crippen molar-refractivity contribution in [3.63, 3.8) is 0 Å². The Bertz CT molecular complexity index is 1620. The third kappa shape index (κ3) is 5.68. The summed E-state index contributed by atoms with van der Waals surface area (Å²) in [4.78, 5) is 34.9. The summed E-state index contributed by atoms with van der Waals surface area (Å²) in [5.74, 6) is -1.07. The number of benzene rings is 2. The summed E-state index contributed by atoms with van der Waals surface area (Å²) in [6.07, 6.45) is 4.82. The van der Waals surface area contributed by atoms with Gasteiger partial charge in [-0.2, -0.15) is 0 Å². The fourth-order valence-corrected chi connectivity index (χ4v) is 7.12. The number of aromatic nitrogens is 1. The summed E-state index contributed by atoms with van der Waals surface area (Å²) in [5.41, 5.74) is 4.98. The number of aryl methyl sites for hydroxylation is 1. The quantitative estimate of drug-likeness (QED) is 0.264. The minimum Gasteiger partial charge on any atom is -0.495 e. The van der Waals surface area contributed by atoms with Gasteiger partial charge in [0.25, 0.3) is 5.91 Å². The highest BCUT2D eigenvalue weighted by atomic mass is 35.5. The number of carbonyl (C=O) groups is 2. The molecule has 2 aliphatic heterocycles. The van der Waals surface area contributed by atoms with E-state index in [-0.39, 0.29) is 23.4 Å². The lowest BCUT2D eigenvalue weighted by Crippen LogP contribution is -2.50. The second-order valence-corrected chi connectivity index (χ2v) is 12.2. The van der Waals surface area contributed by atoms with E-state index in [1.54, 1.807) is 13.2 Å². The first-order chi connectivity index (χ1) is 21.2. The number of halogens is 3. The van der Waals surface area contributed by atoms with Gasteiger partial charge in [-0.15, -0.1) is 0 Å². The molecular weight excluding hydrogens is 588 g/mol. The highest BCUT2D eigenvalue weighted by Crippen LogP contribution is 2.51. The van der Waals surface area contributed by atoms with Crippen molar-refractivity contribution in [1.82, 2.24) is 14.8 Å².